The van der Waals surface area contributed by atoms with E-state index < -0.39 is 17.7 Å². The highest BCUT2D eigenvalue weighted by Gasteiger charge is 2.42. The average molecular weight is 252 g/mol. The van der Waals surface area contributed by atoms with Crippen LogP contribution in [0.2, 0.25) is 0 Å². The third-order valence-electron chi connectivity index (χ3n) is 3.24. The van der Waals surface area contributed by atoms with E-state index in [1.165, 1.54) is 0 Å². The van der Waals surface area contributed by atoms with Gasteiger partial charge in [-0.05, 0) is 25.3 Å². The van der Waals surface area contributed by atoms with Crippen LogP contribution >= 0.6 is 0 Å². The fraction of sp³-hybridized carbons (Fsp3) is 0.615. The lowest BCUT2D eigenvalue weighted by molar-refractivity contribution is -0.151. The molecule has 0 saturated heterocycles. The molecule has 5 heteroatoms. The van der Waals surface area contributed by atoms with E-state index in [1.54, 1.807) is 6.92 Å². The number of carbonyl (C=O) groups is 3. The van der Waals surface area contributed by atoms with Crippen molar-refractivity contribution in [2.75, 3.05) is 6.61 Å². The summed E-state index contributed by atoms with van der Waals surface area (Å²) in [5.41, 5.74) is 0.261. The van der Waals surface area contributed by atoms with Gasteiger partial charge in [0.05, 0.1) is 18.8 Å². The van der Waals surface area contributed by atoms with Crippen LogP contribution in [-0.4, -0.2) is 29.2 Å². The number of hydrogen-bond donors (Lipinski definition) is 1. The molecule has 0 radical (unpaired) electrons. The van der Waals surface area contributed by atoms with E-state index in [2.05, 4.69) is 0 Å². The Bertz CT molecular complexity index is 431. The van der Waals surface area contributed by atoms with E-state index in [0.29, 0.717) is 0 Å². The number of carbonyl (C=O) groups excluding carboxylic acids is 3. The lowest BCUT2D eigenvalue weighted by Crippen LogP contribution is -2.35. The number of rotatable bonds is 3. The molecule has 2 fully saturated rings. The van der Waals surface area contributed by atoms with Gasteiger partial charge in [0.2, 0.25) is 0 Å². The van der Waals surface area contributed by atoms with Crippen LogP contribution in [0.15, 0.2) is 11.3 Å². The quantitative estimate of drug-likeness (QED) is 0.465. The second-order valence-corrected chi connectivity index (χ2v) is 4.73. The van der Waals surface area contributed by atoms with Crippen molar-refractivity contribution >= 4 is 17.5 Å². The third-order valence-corrected chi connectivity index (χ3v) is 3.24. The summed E-state index contributed by atoms with van der Waals surface area (Å²) < 4.78 is 4.85. The van der Waals surface area contributed by atoms with Crippen LogP contribution in [0, 0.1) is 11.8 Å². The Morgan fingerprint density at radius 3 is 2.56 bits per heavy atom. The minimum Gasteiger partial charge on any atom is -0.512 e. The summed E-state index contributed by atoms with van der Waals surface area (Å²) in [7, 11) is 0. The lowest BCUT2D eigenvalue weighted by Gasteiger charge is -2.23. The van der Waals surface area contributed by atoms with Crippen molar-refractivity contribution in [3.05, 3.63) is 11.3 Å². The molecule has 1 unspecified atom stereocenters. The van der Waals surface area contributed by atoms with E-state index in [0.717, 1.165) is 12.8 Å². The normalized spacial score (nSPS) is 27.1. The summed E-state index contributed by atoms with van der Waals surface area (Å²) in [5, 5.41) is 10.0. The van der Waals surface area contributed by atoms with Crippen LogP contribution in [0.4, 0.5) is 0 Å². The highest BCUT2D eigenvalue weighted by molar-refractivity contribution is 6.13. The molecule has 5 nitrogen and oxygen atoms in total. The first-order valence-electron chi connectivity index (χ1n) is 6.17. The average Bonchev–Trinajstić information content (AvgIpc) is 3.10. The predicted octanol–water partition coefficient (Wildman–Crippen LogP) is 1.32. The second kappa shape index (κ2) is 4.92. The molecular formula is C13H16O5. The number of ether oxygens (including phenoxy) is 1. The summed E-state index contributed by atoms with van der Waals surface area (Å²) >= 11 is 0. The van der Waals surface area contributed by atoms with Crippen LogP contribution in [-0.2, 0) is 19.1 Å². The van der Waals surface area contributed by atoms with Crippen LogP contribution in [0.1, 0.15) is 32.6 Å². The molecule has 1 atom stereocenters. The van der Waals surface area contributed by atoms with E-state index in [1.807, 2.05) is 0 Å². The van der Waals surface area contributed by atoms with Crippen molar-refractivity contribution in [2.24, 2.45) is 11.8 Å². The Morgan fingerprint density at radius 2 is 2.00 bits per heavy atom. The number of aliphatic hydroxyl groups is 1. The number of esters is 1. The number of aliphatic hydroxyl groups excluding tert-OH is 1. The minimum absolute atomic E-state index is 0.00984. The predicted molar refractivity (Wildman–Crippen MR) is 61.7 cm³/mol. The molecule has 0 amide bonds. The summed E-state index contributed by atoms with van der Waals surface area (Å²) in [5.74, 6) is -2.39. The van der Waals surface area contributed by atoms with Crippen LogP contribution in [0.25, 0.3) is 0 Å². The van der Waals surface area contributed by atoms with Crippen molar-refractivity contribution < 1.29 is 24.2 Å². The summed E-state index contributed by atoms with van der Waals surface area (Å²) in [4.78, 5) is 35.0. The fourth-order valence-electron chi connectivity index (χ4n) is 2.22. The second-order valence-electron chi connectivity index (χ2n) is 4.73. The zero-order chi connectivity index (χ0) is 13.3. The highest BCUT2D eigenvalue weighted by atomic mass is 16.5. The van der Waals surface area contributed by atoms with Gasteiger partial charge in [-0.15, -0.1) is 0 Å². The van der Waals surface area contributed by atoms with Crippen LogP contribution in [0.5, 0.6) is 0 Å². The minimum atomic E-state index is -1.08. The largest absolute Gasteiger partial charge is 0.512 e. The molecule has 0 aromatic carbocycles. The van der Waals surface area contributed by atoms with Gasteiger partial charge in [0.1, 0.15) is 11.7 Å². The van der Waals surface area contributed by atoms with Crippen molar-refractivity contribution in [2.45, 2.75) is 32.6 Å². The molecule has 0 aromatic heterocycles. The standard InChI is InChI=1S/C13H16O5/c1-2-18-13(17)11-9(12(16)7-3-4-7)5-8(14)6-10(11)15/h7,11,16H,2-6H2,1H3/b12-9-. The van der Waals surface area contributed by atoms with Gasteiger partial charge in [-0.1, -0.05) is 0 Å². The Labute approximate surface area is 105 Å². The van der Waals surface area contributed by atoms with E-state index in [-0.39, 0.29) is 42.5 Å². The molecule has 0 spiro atoms. The molecule has 18 heavy (non-hydrogen) atoms. The highest BCUT2D eigenvalue weighted by Crippen LogP contribution is 2.40. The SMILES string of the molecule is CCOC(=O)C1C(=O)CC(=O)C/C1=C(/O)C1CC1. The zero-order valence-electron chi connectivity index (χ0n) is 10.3. The van der Waals surface area contributed by atoms with Gasteiger partial charge >= 0.3 is 5.97 Å². The molecule has 0 aromatic rings. The Morgan fingerprint density at radius 1 is 1.33 bits per heavy atom. The maximum Gasteiger partial charge on any atom is 0.320 e. The number of Topliss-reactive ketones (excluding diaryl/α,β-unsaturated/α-hetero) is 2. The lowest BCUT2D eigenvalue weighted by atomic mass is 9.81. The fourth-order valence-corrected chi connectivity index (χ4v) is 2.22. The van der Waals surface area contributed by atoms with Crippen molar-refractivity contribution in [3.8, 4) is 0 Å². The summed E-state index contributed by atoms with van der Waals surface area (Å²) in [6, 6.07) is 0. The monoisotopic (exact) mass is 252 g/mol. The smallest absolute Gasteiger partial charge is 0.320 e. The Balaban J connectivity index is 2.31. The van der Waals surface area contributed by atoms with Gasteiger partial charge < -0.3 is 9.84 Å². The maximum atomic E-state index is 11.8. The molecule has 0 bridgehead atoms. The van der Waals surface area contributed by atoms with Crippen molar-refractivity contribution in [1.82, 2.24) is 0 Å². The molecule has 98 valence electrons. The topological polar surface area (TPSA) is 80.7 Å². The third kappa shape index (κ3) is 2.44. The van der Waals surface area contributed by atoms with Crippen molar-refractivity contribution in [1.29, 1.82) is 0 Å². The Hall–Kier alpha value is -1.65. The zero-order valence-corrected chi connectivity index (χ0v) is 10.3. The maximum absolute atomic E-state index is 11.8. The van der Waals surface area contributed by atoms with Crippen LogP contribution < -0.4 is 0 Å². The van der Waals surface area contributed by atoms with Crippen LogP contribution in [0.3, 0.4) is 0 Å². The molecule has 2 aliphatic rings. The summed E-state index contributed by atoms with van der Waals surface area (Å²) in [6.45, 7) is 1.83. The van der Waals surface area contributed by atoms with E-state index in [9.17, 15) is 19.5 Å². The van der Waals surface area contributed by atoms with Gasteiger partial charge in [0.15, 0.2) is 5.78 Å². The van der Waals surface area contributed by atoms with E-state index >= 15 is 0 Å². The van der Waals surface area contributed by atoms with E-state index in [4.69, 9.17) is 4.74 Å². The van der Waals surface area contributed by atoms with Gasteiger partial charge in [-0.2, -0.15) is 0 Å². The molecule has 1 N–H and O–H groups in total. The molecular weight excluding hydrogens is 236 g/mol. The number of ketones is 2. The first-order chi connectivity index (χ1) is 8.54. The Kier molecular flexibility index (Phi) is 3.50. The molecule has 0 heterocycles. The first kappa shape index (κ1) is 12.8. The molecule has 2 aliphatic carbocycles. The van der Waals surface area contributed by atoms with Gasteiger partial charge in [0.25, 0.3) is 0 Å². The first-order valence-corrected chi connectivity index (χ1v) is 6.17. The van der Waals surface area contributed by atoms with Crippen molar-refractivity contribution in [3.63, 3.8) is 0 Å². The van der Waals surface area contributed by atoms with Gasteiger partial charge in [-0.25, -0.2) is 0 Å². The number of allylic oxidation sites excluding steroid dienone is 1. The number of hydrogen-bond acceptors (Lipinski definition) is 5. The molecule has 2 saturated carbocycles. The summed E-state index contributed by atoms with van der Waals surface area (Å²) in [6.07, 6.45) is 1.42. The van der Waals surface area contributed by atoms with Gasteiger partial charge in [0, 0.05) is 12.3 Å². The molecule has 0 aliphatic heterocycles. The molecule has 2 rings (SSSR count). The van der Waals surface area contributed by atoms with Gasteiger partial charge in [-0.3, -0.25) is 14.4 Å².